The predicted octanol–water partition coefficient (Wildman–Crippen LogP) is 3.56. The maximum Gasteiger partial charge on any atom is 0.416 e. The number of ether oxygens (including phenoxy) is 1. The van der Waals surface area contributed by atoms with Crippen molar-refractivity contribution in [1.29, 1.82) is 0 Å². The first-order chi connectivity index (χ1) is 14.1. The van der Waals surface area contributed by atoms with Gasteiger partial charge >= 0.3 is 6.18 Å². The first-order valence-electron chi connectivity index (χ1n) is 8.91. The number of hydrogen-bond donors (Lipinski definition) is 1. The third-order valence-corrected chi connectivity index (χ3v) is 6.66. The summed E-state index contributed by atoms with van der Waals surface area (Å²) in [5.74, 6) is -0.628. The summed E-state index contributed by atoms with van der Waals surface area (Å²) in [6, 6.07) is 8.32. The summed E-state index contributed by atoms with van der Waals surface area (Å²) in [6.45, 7) is 0.991. The van der Waals surface area contributed by atoms with Crippen LogP contribution in [0.1, 0.15) is 11.1 Å². The summed E-state index contributed by atoms with van der Waals surface area (Å²) >= 11 is 6.07. The Labute approximate surface area is 176 Å². The van der Waals surface area contributed by atoms with Crippen LogP contribution in [0, 0.1) is 0 Å². The monoisotopic (exact) mass is 462 g/mol. The minimum atomic E-state index is -4.52. The van der Waals surface area contributed by atoms with Crippen molar-refractivity contribution in [3.8, 4) is 0 Å². The predicted molar refractivity (Wildman–Crippen MR) is 105 cm³/mol. The molecule has 0 aromatic heterocycles. The average molecular weight is 463 g/mol. The van der Waals surface area contributed by atoms with Gasteiger partial charge in [-0.2, -0.15) is 17.5 Å². The van der Waals surface area contributed by atoms with E-state index in [1.165, 1.54) is 34.6 Å². The van der Waals surface area contributed by atoms with E-state index in [9.17, 15) is 26.4 Å². The lowest BCUT2D eigenvalue weighted by Crippen LogP contribution is -2.40. The van der Waals surface area contributed by atoms with Gasteiger partial charge in [0.1, 0.15) is 0 Å². The summed E-state index contributed by atoms with van der Waals surface area (Å²) < 4.78 is 70.4. The second-order valence-electron chi connectivity index (χ2n) is 6.58. The van der Waals surface area contributed by atoms with Crippen molar-refractivity contribution in [3.05, 3.63) is 58.6 Å². The van der Waals surface area contributed by atoms with Gasteiger partial charge in [-0.25, -0.2) is 8.42 Å². The quantitative estimate of drug-likeness (QED) is 0.737. The van der Waals surface area contributed by atoms with Gasteiger partial charge in [0.05, 0.1) is 40.8 Å². The van der Waals surface area contributed by atoms with Crippen LogP contribution in [-0.4, -0.2) is 44.9 Å². The van der Waals surface area contributed by atoms with E-state index in [1.807, 2.05) is 0 Å². The van der Waals surface area contributed by atoms with Crippen molar-refractivity contribution in [3.63, 3.8) is 0 Å². The Morgan fingerprint density at radius 3 is 2.50 bits per heavy atom. The molecule has 30 heavy (non-hydrogen) atoms. The molecule has 1 saturated heterocycles. The van der Waals surface area contributed by atoms with E-state index in [1.54, 1.807) is 0 Å². The number of morpholine rings is 1. The Bertz CT molecular complexity index is 1040. The van der Waals surface area contributed by atoms with E-state index in [0.717, 1.165) is 12.1 Å². The van der Waals surface area contributed by atoms with Crippen LogP contribution in [0.25, 0.3) is 0 Å². The maximum atomic E-state index is 12.8. The Hall–Kier alpha value is -2.14. The standard InChI is InChI=1S/C19H18ClF3N2O4S/c20-16-5-4-15(30(27,28)25-6-8-29-9-7-25)12-17(16)24-18(26)11-13-2-1-3-14(10-13)19(21,22)23/h1-5,10,12H,6-9,11H2,(H,24,26). The van der Waals surface area contributed by atoms with Crippen LogP contribution in [0.2, 0.25) is 5.02 Å². The van der Waals surface area contributed by atoms with E-state index in [4.69, 9.17) is 16.3 Å². The van der Waals surface area contributed by atoms with Crippen molar-refractivity contribution in [2.75, 3.05) is 31.6 Å². The molecule has 1 aliphatic rings. The van der Waals surface area contributed by atoms with E-state index in [-0.39, 0.29) is 53.9 Å². The third-order valence-electron chi connectivity index (χ3n) is 4.44. The van der Waals surface area contributed by atoms with Crippen LogP contribution in [0.3, 0.4) is 0 Å². The molecule has 162 valence electrons. The van der Waals surface area contributed by atoms with Gasteiger partial charge in [0.25, 0.3) is 0 Å². The molecule has 0 atom stereocenters. The minimum absolute atomic E-state index is 0.0526. The lowest BCUT2D eigenvalue weighted by molar-refractivity contribution is -0.137. The molecule has 1 amide bonds. The van der Waals surface area contributed by atoms with Gasteiger partial charge in [-0.05, 0) is 29.8 Å². The van der Waals surface area contributed by atoms with E-state index in [2.05, 4.69) is 5.32 Å². The fourth-order valence-electron chi connectivity index (χ4n) is 2.93. The average Bonchev–Trinajstić information content (AvgIpc) is 2.69. The topological polar surface area (TPSA) is 75.7 Å². The molecule has 3 rings (SSSR count). The second-order valence-corrected chi connectivity index (χ2v) is 8.93. The molecular formula is C19H18ClF3N2O4S. The SMILES string of the molecule is O=C(Cc1cccc(C(F)(F)F)c1)Nc1cc(S(=O)(=O)N2CCOCC2)ccc1Cl. The minimum Gasteiger partial charge on any atom is -0.379 e. The van der Waals surface area contributed by atoms with Crippen molar-refractivity contribution < 1.29 is 31.1 Å². The fourth-order valence-corrected chi connectivity index (χ4v) is 4.53. The number of anilines is 1. The molecule has 6 nitrogen and oxygen atoms in total. The highest BCUT2D eigenvalue weighted by Gasteiger charge is 2.30. The highest BCUT2D eigenvalue weighted by molar-refractivity contribution is 7.89. The van der Waals surface area contributed by atoms with Crippen LogP contribution in [0.4, 0.5) is 18.9 Å². The van der Waals surface area contributed by atoms with E-state index < -0.39 is 27.7 Å². The van der Waals surface area contributed by atoms with Crippen molar-refractivity contribution in [2.24, 2.45) is 0 Å². The normalized spacial score (nSPS) is 15.7. The Morgan fingerprint density at radius 1 is 1.13 bits per heavy atom. The van der Waals surface area contributed by atoms with Crippen LogP contribution in [-0.2, 0) is 32.2 Å². The molecular weight excluding hydrogens is 445 g/mol. The van der Waals surface area contributed by atoms with Crippen molar-refractivity contribution >= 4 is 33.2 Å². The molecule has 1 aliphatic heterocycles. The molecule has 0 spiro atoms. The van der Waals surface area contributed by atoms with Gasteiger partial charge in [0.2, 0.25) is 15.9 Å². The summed E-state index contributed by atoms with van der Waals surface area (Å²) in [4.78, 5) is 12.3. The van der Waals surface area contributed by atoms with Crippen LogP contribution in [0.15, 0.2) is 47.4 Å². The number of hydrogen-bond acceptors (Lipinski definition) is 4. The Balaban J connectivity index is 1.77. The summed E-state index contributed by atoms with van der Waals surface area (Å²) in [5, 5.41) is 2.58. The number of nitrogens with one attached hydrogen (secondary N) is 1. The maximum absolute atomic E-state index is 12.8. The molecule has 2 aromatic rings. The zero-order valence-electron chi connectivity index (χ0n) is 15.6. The fraction of sp³-hybridized carbons (Fsp3) is 0.316. The lowest BCUT2D eigenvalue weighted by Gasteiger charge is -2.26. The number of alkyl halides is 3. The number of carbonyl (C=O) groups is 1. The van der Waals surface area contributed by atoms with Gasteiger partial charge in [-0.1, -0.05) is 29.8 Å². The van der Waals surface area contributed by atoms with Crippen molar-refractivity contribution in [1.82, 2.24) is 4.31 Å². The molecule has 1 N–H and O–H groups in total. The Morgan fingerprint density at radius 2 is 1.83 bits per heavy atom. The highest BCUT2D eigenvalue weighted by Crippen LogP contribution is 2.30. The molecule has 11 heteroatoms. The summed E-state index contributed by atoms with van der Waals surface area (Å²) in [7, 11) is -3.80. The first-order valence-corrected chi connectivity index (χ1v) is 10.7. The number of nitrogens with zero attached hydrogens (tertiary/aromatic N) is 1. The number of rotatable bonds is 5. The van der Waals surface area contributed by atoms with Gasteiger partial charge in [0.15, 0.2) is 0 Å². The number of carbonyl (C=O) groups excluding carboxylic acids is 1. The molecule has 0 saturated carbocycles. The smallest absolute Gasteiger partial charge is 0.379 e. The number of benzene rings is 2. The van der Waals surface area contributed by atoms with Gasteiger partial charge in [0, 0.05) is 13.1 Å². The number of halogens is 4. The Kier molecular flexibility index (Phi) is 6.71. The molecule has 1 fully saturated rings. The molecule has 0 radical (unpaired) electrons. The van der Waals surface area contributed by atoms with Gasteiger partial charge in [-0.15, -0.1) is 0 Å². The molecule has 1 heterocycles. The lowest BCUT2D eigenvalue weighted by atomic mass is 10.1. The molecule has 2 aromatic carbocycles. The van der Waals surface area contributed by atoms with Gasteiger partial charge < -0.3 is 10.1 Å². The largest absolute Gasteiger partial charge is 0.416 e. The second kappa shape index (κ2) is 8.93. The zero-order valence-corrected chi connectivity index (χ0v) is 17.1. The van der Waals surface area contributed by atoms with Crippen LogP contribution in [0.5, 0.6) is 0 Å². The van der Waals surface area contributed by atoms with Crippen LogP contribution >= 0.6 is 11.6 Å². The summed E-state index contributed by atoms with van der Waals surface area (Å²) in [5.41, 5.74) is -0.636. The molecule has 0 unspecified atom stereocenters. The number of sulfonamides is 1. The van der Waals surface area contributed by atoms with E-state index >= 15 is 0 Å². The molecule has 0 bridgehead atoms. The zero-order chi connectivity index (χ0) is 21.9. The third kappa shape index (κ3) is 5.31. The summed E-state index contributed by atoms with van der Waals surface area (Å²) in [6.07, 6.45) is -4.85. The molecule has 0 aliphatic carbocycles. The first kappa shape index (κ1) is 22.5. The van der Waals surface area contributed by atoms with Gasteiger partial charge in [-0.3, -0.25) is 4.79 Å². The number of amides is 1. The van der Waals surface area contributed by atoms with Crippen molar-refractivity contribution in [2.45, 2.75) is 17.5 Å². The highest BCUT2D eigenvalue weighted by atomic mass is 35.5. The van der Waals surface area contributed by atoms with E-state index in [0.29, 0.717) is 0 Å². The van der Waals surface area contributed by atoms with Crippen LogP contribution < -0.4 is 5.32 Å².